The highest BCUT2D eigenvalue weighted by Gasteiger charge is 2.29. The van der Waals surface area contributed by atoms with Crippen LogP contribution in [-0.4, -0.2) is 49.2 Å². The molecule has 0 atom stereocenters. The Labute approximate surface area is 195 Å². The molecule has 0 bridgehead atoms. The molecule has 1 amide bonds. The van der Waals surface area contributed by atoms with Crippen molar-refractivity contribution >= 4 is 34.1 Å². The minimum atomic E-state index is -0.354. The van der Waals surface area contributed by atoms with Gasteiger partial charge in [0.05, 0.1) is 11.7 Å². The number of nitrogens with one attached hydrogen (secondary N) is 2. The first kappa shape index (κ1) is 20.1. The summed E-state index contributed by atoms with van der Waals surface area (Å²) in [4.78, 5) is 27.5. The van der Waals surface area contributed by atoms with Crippen LogP contribution in [0.4, 0.5) is 16.3 Å². The number of allylic oxidation sites excluding steroid dienone is 1. The smallest absolute Gasteiger partial charge is 0.410 e. The maximum atomic E-state index is 12.6. The van der Waals surface area contributed by atoms with Crippen molar-refractivity contribution in [3.05, 3.63) is 84.2 Å². The van der Waals surface area contributed by atoms with Crippen molar-refractivity contribution in [3.8, 4) is 5.75 Å². The van der Waals surface area contributed by atoms with E-state index in [4.69, 9.17) is 9.72 Å². The molecule has 3 aromatic heterocycles. The van der Waals surface area contributed by atoms with Gasteiger partial charge in [-0.15, -0.1) is 0 Å². The standard InChI is InChI=1S/C25H21N7O2/c33-25(34-21-5-8-26-9-6-21)32-14-17-2-1-16(11-19(17)15-32)24-27-10-7-23(30-24)29-20-3-4-22-18(12-20)13-28-31-22/h3-13H,1-2,14-15H2,(H,28,31)(H,27,29,30). The molecule has 2 aliphatic rings. The third-order valence-corrected chi connectivity index (χ3v) is 6.01. The molecule has 6 rings (SSSR count). The molecule has 1 aliphatic carbocycles. The number of pyridine rings is 1. The normalized spacial score (nSPS) is 15.3. The Balaban J connectivity index is 1.16. The van der Waals surface area contributed by atoms with E-state index in [-0.39, 0.29) is 6.09 Å². The van der Waals surface area contributed by atoms with Crippen molar-refractivity contribution in [2.45, 2.75) is 12.8 Å². The zero-order valence-electron chi connectivity index (χ0n) is 18.2. The molecule has 0 radical (unpaired) electrons. The Hall–Kier alpha value is -4.53. The van der Waals surface area contributed by atoms with E-state index in [1.54, 1.807) is 41.8 Å². The predicted molar refractivity (Wildman–Crippen MR) is 127 cm³/mol. The number of carbonyl (C=O) groups is 1. The minimum absolute atomic E-state index is 0.354. The summed E-state index contributed by atoms with van der Waals surface area (Å²) in [5.41, 5.74) is 5.39. The van der Waals surface area contributed by atoms with Crippen LogP contribution < -0.4 is 10.1 Å². The number of ether oxygens (including phenoxy) is 1. The first-order chi connectivity index (χ1) is 16.7. The van der Waals surface area contributed by atoms with Crippen molar-refractivity contribution in [2.75, 3.05) is 18.4 Å². The number of aromatic amines is 1. The van der Waals surface area contributed by atoms with Crippen molar-refractivity contribution in [3.63, 3.8) is 0 Å². The largest absolute Gasteiger partial charge is 0.415 e. The second-order valence-electron chi connectivity index (χ2n) is 8.27. The molecule has 1 aromatic carbocycles. The third kappa shape index (κ3) is 3.99. The lowest BCUT2D eigenvalue weighted by Gasteiger charge is -2.15. The summed E-state index contributed by atoms with van der Waals surface area (Å²) in [5.74, 6) is 1.91. The van der Waals surface area contributed by atoms with Gasteiger partial charge in [-0.2, -0.15) is 5.10 Å². The SMILES string of the molecule is O=C(Oc1ccncc1)N1CC2=C(CCC(c3nccc(Nc4ccc5[nH]ncc5c4)n3)=C2)C1. The number of fused-ring (bicyclic) bond motifs is 1. The number of H-pyrrole nitrogens is 1. The molecule has 168 valence electrons. The molecule has 34 heavy (non-hydrogen) atoms. The molecular weight excluding hydrogens is 430 g/mol. The highest BCUT2D eigenvalue weighted by molar-refractivity contribution is 5.82. The van der Waals surface area contributed by atoms with Gasteiger partial charge >= 0.3 is 6.09 Å². The van der Waals surface area contributed by atoms with E-state index >= 15 is 0 Å². The van der Waals surface area contributed by atoms with Crippen molar-refractivity contribution < 1.29 is 9.53 Å². The molecule has 4 aromatic rings. The molecule has 0 unspecified atom stereocenters. The second-order valence-corrected chi connectivity index (χ2v) is 8.27. The number of aromatic nitrogens is 5. The van der Waals surface area contributed by atoms with Crippen molar-refractivity contribution in [2.24, 2.45) is 0 Å². The summed E-state index contributed by atoms with van der Waals surface area (Å²) in [6, 6.07) is 11.2. The van der Waals surface area contributed by atoms with Crippen molar-refractivity contribution in [1.29, 1.82) is 0 Å². The molecule has 4 heterocycles. The molecule has 0 saturated heterocycles. The topological polar surface area (TPSA) is 109 Å². The monoisotopic (exact) mass is 451 g/mol. The number of benzene rings is 1. The van der Waals surface area contributed by atoms with Crippen LogP contribution in [0.5, 0.6) is 5.75 Å². The van der Waals surface area contributed by atoms with Crippen molar-refractivity contribution in [1.82, 2.24) is 30.0 Å². The van der Waals surface area contributed by atoms with Crippen LogP contribution in [0, 0.1) is 0 Å². The maximum absolute atomic E-state index is 12.6. The van der Waals surface area contributed by atoms with Crippen LogP contribution in [0.3, 0.4) is 0 Å². The van der Waals surface area contributed by atoms with E-state index in [9.17, 15) is 4.79 Å². The van der Waals surface area contributed by atoms with E-state index in [1.165, 1.54) is 5.57 Å². The Morgan fingerprint density at radius 3 is 2.88 bits per heavy atom. The summed E-state index contributed by atoms with van der Waals surface area (Å²) in [7, 11) is 0. The van der Waals surface area contributed by atoms with Crippen LogP contribution in [0.2, 0.25) is 0 Å². The average molecular weight is 451 g/mol. The van der Waals surface area contributed by atoms with Gasteiger partial charge in [0.1, 0.15) is 11.6 Å². The number of carbonyl (C=O) groups excluding carboxylic acids is 1. The molecular formula is C25H21N7O2. The second kappa shape index (κ2) is 8.43. The predicted octanol–water partition coefficient (Wildman–Crippen LogP) is 4.48. The molecule has 0 fully saturated rings. The maximum Gasteiger partial charge on any atom is 0.415 e. The number of hydrogen-bond donors (Lipinski definition) is 2. The minimum Gasteiger partial charge on any atom is -0.410 e. The van der Waals surface area contributed by atoms with Crippen LogP contribution >= 0.6 is 0 Å². The average Bonchev–Trinajstić information content (AvgIpc) is 3.51. The first-order valence-electron chi connectivity index (χ1n) is 11.0. The van der Waals surface area contributed by atoms with E-state index in [2.05, 4.69) is 31.6 Å². The highest BCUT2D eigenvalue weighted by Crippen LogP contribution is 2.34. The summed E-state index contributed by atoms with van der Waals surface area (Å²) in [6.45, 7) is 1.10. The molecule has 0 saturated carbocycles. The fraction of sp³-hybridized carbons (Fsp3) is 0.160. The van der Waals surface area contributed by atoms with Crippen LogP contribution in [-0.2, 0) is 0 Å². The number of nitrogens with zero attached hydrogens (tertiary/aromatic N) is 5. The van der Waals surface area contributed by atoms with Gasteiger partial charge in [-0.1, -0.05) is 6.08 Å². The molecule has 2 N–H and O–H groups in total. The molecule has 1 aliphatic heterocycles. The summed E-state index contributed by atoms with van der Waals surface area (Å²) >= 11 is 0. The fourth-order valence-corrected chi connectivity index (χ4v) is 4.29. The number of amides is 1. The zero-order valence-corrected chi connectivity index (χ0v) is 18.2. The zero-order chi connectivity index (χ0) is 22.9. The van der Waals surface area contributed by atoms with Gasteiger partial charge in [-0.3, -0.25) is 15.0 Å². The Morgan fingerprint density at radius 2 is 1.97 bits per heavy atom. The fourth-order valence-electron chi connectivity index (χ4n) is 4.29. The Kier molecular flexibility index (Phi) is 4.99. The number of anilines is 2. The van der Waals surface area contributed by atoms with Gasteiger partial charge in [-0.05, 0) is 66.0 Å². The lowest BCUT2D eigenvalue weighted by molar-refractivity contribution is 0.163. The van der Waals surface area contributed by atoms with Gasteiger partial charge in [-0.25, -0.2) is 14.8 Å². The Bertz CT molecular complexity index is 1440. The quantitative estimate of drug-likeness (QED) is 0.471. The van der Waals surface area contributed by atoms with E-state index in [0.29, 0.717) is 24.7 Å². The molecule has 9 heteroatoms. The highest BCUT2D eigenvalue weighted by atomic mass is 16.6. The van der Waals surface area contributed by atoms with Crippen LogP contribution in [0.1, 0.15) is 18.7 Å². The summed E-state index contributed by atoms with van der Waals surface area (Å²) in [5, 5.41) is 11.4. The molecule has 0 spiro atoms. The van der Waals surface area contributed by atoms with Gasteiger partial charge in [0.2, 0.25) is 0 Å². The Morgan fingerprint density at radius 1 is 1.06 bits per heavy atom. The number of hydrogen-bond acceptors (Lipinski definition) is 7. The lowest BCUT2D eigenvalue weighted by Crippen LogP contribution is -2.32. The molecule has 9 nitrogen and oxygen atoms in total. The number of rotatable bonds is 4. The van der Waals surface area contributed by atoms with E-state index in [0.717, 1.165) is 46.4 Å². The summed E-state index contributed by atoms with van der Waals surface area (Å²) < 4.78 is 5.47. The lowest BCUT2D eigenvalue weighted by atomic mass is 9.94. The van der Waals surface area contributed by atoms with Gasteiger partial charge < -0.3 is 10.1 Å². The van der Waals surface area contributed by atoms with Gasteiger partial charge in [0.25, 0.3) is 0 Å². The van der Waals surface area contributed by atoms with Gasteiger partial charge in [0, 0.05) is 42.8 Å². The summed E-state index contributed by atoms with van der Waals surface area (Å²) in [6.07, 6.45) is 10.2. The van der Waals surface area contributed by atoms with Crippen LogP contribution in [0.15, 0.2) is 78.4 Å². The van der Waals surface area contributed by atoms with E-state index < -0.39 is 0 Å². The first-order valence-corrected chi connectivity index (χ1v) is 11.0. The van der Waals surface area contributed by atoms with Crippen LogP contribution in [0.25, 0.3) is 16.5 Å². The van der Waals surface area contributed by atoms with Gasteiger partial charge in [0.15, 0.2) is 5.82 Å². The van der Waals surface area contributed by atoms with E-state index in [1.807, 2.05) is 24.3 Å². The third-order valence-electron chi connectivity index (χ3n) is 6.01.